The number of anilines is 1. The van der Waals surface area contributed by atoms with Crippen molar-refractivity contribution in [3.05, 3.63) is 42.4 Å². The monoisotopic (exact) mass is 400 g/mol. The number of benzene rings is 1. The van der Waals surface area contributed by atoms with Crippen LogP contribution in [-0.2, 0) is 10.5 Å². The summed E-state index contributed by atoms with van der Waals surface area (Å²) >= 11 is 3.49. The SMILES string of the molecule is CN1CSCCC1C(=O)Nc1cccc(CSc2ncnc3[nH]ncc23)c1. The standard InChI is InChI=1S/C18H20N6OS2/c1-24-11-26-6-5-15(24)17(25)22-13-4-2-3-12(7-13)9-27-18-14-8-21-23-16(14)19-10-20-18/h2-4,7-8,10,15H,5-6,9,11H2,1H3,(H,22,25)(H,19,20,21,23). The van der Waals surface area contributed by atoms with Crippen LogP contribution in [0.2, 0.25) is 0 Å². The highest BCUT2D eigenvalue weighted by atomic mass is 32.2. The summed E-state index contributed by atoms with van der Waals surface area (Å²) in [6.07, 6.45) is 4.17. The van der Waals surface area contributed by atoms with Crippen LogP contribution in [0.1, 0.15) is 12.0 Å². The van der Waals surface area contributed by atoms with E-state index in [1.807, 2.05) is 37.0 Å². The fraction of sp³-hybridized carbons (Fsp3) is 0.333. The molecule has 1 aliphatic heterocycles. The number of aromatic amines is 1. The minimum atomic E-state index is -0.0559. The molecular formula is C18H20N6OS2. The fourth-order valence-electron chi connectivity index (χ4n) is 3.02. The molecule has 1 saturated heterocycles. The van der Waals surface area contributed by atoms with Crippen molar-refractivity contribution in [2.75, 3.05) is 24.0 Å². The van der Waals surface area contributed by atoms with Gasteiger partial charge in [0, 0.05) is 17.3 Å². The van der Waals surface area contributed by atoms with Gasteiger partial charge in [0.05, 0.1) is 17.6 Å². The lowest BCUT2D eigenvalue weighted by molar-refractivity contribution is -0.120. The first-order valence-corrected chi connectivity index (χ1v) is 10.8. The smallest absolute Gasteiger partial charge is 0.241 e. The van der Waals surface area contributed by atoms with Crippen LogP contribution in [-0.4, -0.2) is 55.7 Å². The second-order valence-corrected chi connectivity index (χ2v) is 8.43. The third kappa shape index (κ3) is 4.26. The number of nitrogens with one attached hydrogen (secondary N) is 2. The molecule has 1 aliphatic rings. The van der Waals surface area contributed by atoms with Crippen molar-refractivity contribution in [2.45, 2.75) is 23.2 Å². The van der Waals surface area contributed by atoms with E-state index in [-0.39, 0.29) is 11.9 Å². The van der Waals surface area contributed by atoms with Gasteiger partial charge in [-0.15, -0.1) is 23.5 Å². The van der Waals surface area contributed by atoms with Gasteiger partial charge in [-0.1, -0.05) is 12.1 Å². The number of hydrogen-bond donors (Lipinski definition) is 2. The number of amides is 1. The Kier molecular flexibility index (Phi) is 5.61. The molecule has 27 heavy (non-hydrogen) atoms. The molecule has 1 aromatic carbocycles. The third-order valence-corrected chi connectivity index (χ3v) is 6.64. The molecule has 0 saturated carbocycles. The van der Waals surface area contributed by atoms with Crippen LogP contribution in [0.25, 0.3) is 11.0 Å². The topological polar surface area (TPSA) is 86.8 Å². The van der Waals surface area contributed by atoms with E-state index in [2.05, 4.69) is 36.4 Å². The van der Waals surface area contributed by atoms with Gasteiger partial charge in [0.1, 0.15) is 11.4 Å². The van der Waals surface area contributed by atoms with Crippen molar-refractivity contribution in [1.82, 2.24) is 25.1 Å². The number of likely N-dealkylation sites (N-methyl/N-ethyl adjacent to an activating group) is 1. The molecule has 1 amide bonds. The number of H-pyrrole nitrogens is 1. The summed E-state index contributed by atoms with van der Waals surface area (Å²) in [6.45, 7) is 0. The van der Waals surface area contributed by atoms with Crippen LogP contribution in [0.5, 0.6) is 0 Å². The molecule has 2 N–H and O–H groups in total. The maximum atomic E-state index is 12.6. The van der Waals surface area contributed by atoms with Crippen molar-refractivity contribution in [1.29, 1.82) is 0 Å². The number of hydrogen-bond acceptors (Lipinski definition) is 7. The quantitative estimate of drug-likeness (QED) is 0.503. The highest BCUT2D eigenvalue weighted by Gasteiger charge is 2.26. The summed E-state index contributed by atoms with van der Waals surface area (Å²) in [5.74, 6) is 2.75. The average Bonchev–Trinajstić information content (AvgIpc) is 3.16. The van der Waals surface area contributed by atoms with E-state index in [9.17, 15) is 4.79 Å². The summed E-state index contributed by atoms with van der Waals surface area (Å²) in [7, 11) is 2.00. The molecule has 0 aliphatic carbocycles. The van der Waals surface area contributed by atoms with Gasteiger partial charge in [0.15, 0.2) is 5.65 Å². The highest BCUT2D eigenvalue weighted by molar-refractivity contribution is 7.99. The van der Waals surface area contributed by atoms with Crippen LogP contribution < -0.4 is 5.32 Å². The van der Waals surface area contributed by atoms with Crippen LogP contribution in [0.4, 0.5) is 5.69 Å². The Balaban J connectivity index is 1.41. The molecule has 0 spiro atoms. The molecule has 3 heterocycles. The number of rotatable bonds is 5. The molecule has 1 atom stereocenters. The largest absolute Gasteiger partial charge is 0.325 e. The molecule has 1 fully saturated rings. The average molecular weight is 401 g/mol. The summed E-state index contributed by atoms with van der Waals surface area (Å²) < 4.78 is 0. The Labute approximate surface area is 165 Å². The Bertz CT molecular complexity index is 946. The zero-order valence-electron chi connectivity index (χ0n) is 14.9. The van der Waals surface area contributed by atoms with Crippen molar-refractivity contribution in [3.8, 4) is 0 Å². The maximum Gasteiger partial charge on any atom is 0.241 e. The number of nitrogens with zero attached hydrogens (tertiary/aromatic N) is 4. The van der Waals surface area contributed by atoms with Gasteiger partial charge in [-0.3, -0.25) is 14.8 Å². The van der Waals surface area contributed by atoms with Gasteiger partial charge in [-0.25, -0.2) is 9.97 Å². The van der Waals surface area contributed by atoms with Crippen LogP contribution >= 0.6 is 23.5 Å². The lowest BCUT2D eigenvalue weighted by atomic mass is 10.1. The van der Waals surface area contributed by atoms with Crippen LogP contribution in [0.15, 0.2) is 41.8 Å². The van der Waals surface area contributed by atoms with Gasteiger partial charge >= 0.3 is 0 Å². The molecule has 2 aromatic heterocycles. The van der Waals surface area contributed by atoms with Crippen LogP contribution in [0.3, 0.4) is 0 Å². The lowest BCUT2D eigenvalue weighted by Crippen LogP contribution is -2.44. The minimum absolute atomic E-state index is 0.0559. The first kappa shape index (κ1) is 18.3. The molecule has 140 valence electrons. The first-order valence-electron chi connectivity index (χ1n) is 8.65. The van der Waals surface area contributed by atoms with E-state index in [0.717, 1.165) is 51.1 Å². The molecule has 4 rings (SSSR count). The predicted octanol–water partition coefficient (Wildman–Crippen LogP) is 2.98. The van der Waals surface area contributed by atoms with E-state index >= 15 is 0 Å². The van der Waals surface area contributed by atoms with E-state index in [4.69, 9.17) is 0 Å². The maximum absolute atomic E-state index is 12.6. The number of fused-ring (bicyclic) bond motifs is 1. The van der Waals surface area contributed by atoms with Gasteiger partial charge in [0.25, 0.3) is 0 Å². The Hall–Kier alpha value is -2.10. The third-order valence-electron chi connectivity index (χ3n) is 4.45. The molecule has 1 unspecified atom stereocenters. The van der Waals surface area contributed by atoms with E-state index < -0.39 is 0 Å². The molecule has 3 aromatic rings. The summed E-state index contributed by atoms with van der Waals surface area (Å²) in [5.41, 5.74) is 2.70. The summed E-state index contributed by atoms with van der Waals surface area (Å²) in [4.78, 5) is 23.2. The van der Waals surface area contributed by atoms with Crippen molar-refractivity contribution in [3.63, 3.8) is 0 Å². The second kappa shape index (κ2) is 8.28. The van der Waals surface area contributed by atoms with E-state index in [0.29, 0.717) is 0 Å². The van der Waals surface area contributed by atoms with Gasteiger partial charge in [-0.2, -0.15) is 5.10 Å². The summed E-state index contributed by atoms with van der Waals surface area (Å²) in [5, 5.41) is 11.8. The Morgan fingerprint density at radius 3 is 3.26 bits per heavy atom. The number of thioether (sulfide) groups is 2. The van der Waals surface area contributed by atoms with Crippen LogP contribution in [0, 0.1) is 0 Å². The number of carbonyl (C=O) groups is 1. The molecular weight excluding hydrogens is 380 g/mol. The molecule has 7 nitrogen and oxygen atoms in total. The fourth-order valence-corrected chi connectivity index (χ4v) is 4.92. The second-order valence-electron chi connectivity index (χ2n) is 6.39. The van der Waals surface area contributed by atoms with Gasteiger partial charge in [0.2, 0.25) is 5.91 Å². The Morgan fingerprint density at radius 1 is 1.44 bits per heavy atom. The van der Waals surface area contributed by atoms with Crippen molar-refractivity contribution in [2.24, 2.45) is 0 Å². The first-order chi connectivity index (χ1) is 13.2. The van der Waals surface area contributed by atoms with Crippen molar-refractivity contribution >= 4 is 46.2 Å². The van der Waals surface area contributed by atoms with Crippen molar-refractivity contribution < 1.29 is 4.79 Å². The minimum Gasteiger partial charge on any atom is -0.325 e. The predicted molar refractivity (Wildman–Crippen MR) is 110 cm³/mol. The number of aromatic nitrogens is 4. The number of carbonyl (C=O) groups excluding carboxylic acids is 1. The lowest BCUT2D eigenvalue weighted by Gasteiger charge is -2.30. The summed E-state index contributed by atoms with van der Waals surface area (Å²) in [6, 6.07) is 7.93. The molecule has 0 radical (unpaired) electrons. The zero-order valence-corrected chi connectivity index (χ0v) is 16.5. The van der Waals surface area contributed by atoms with E-state index in [1.165, 1.54) is 0 Å². The normalized spacial score (nSPS) is 17.9. The zero-order chi connectivity index (χ0) is 18.6. The van der Waals surface area contributed by atoms with Gasteiger partial charge < -0.3 is 5.32 Å². The Morgan fingerprint density at radius 2 is 2.37 bits per heavy atom. The molecule has 9 heteroatoms. The highest BCUT2D eigenvalue weighted by Crippen LogP contribution is 2.27. The van der Waals surface area contributed by atoms with E-state index in [1.54, 1.807) is 24.3 Å². The van der Waals surface area contributed by atoms with Gasteiger partial charge in [-0.05, 0) is 36.9 Å². The molecule has 0 bridgehead atoms.